The number of nitrogens with one attached hydrogen (secondary N) is 2. The van der Waals surface area contributed by atoms with Gasteiger partial charge in [0, 0.05) is 19.0 Å². The van der Waals surface area contributed by atoms with E-state index in [0.717, 1.165) is 25.9 Å². The normalized spacial score (nSPS) is 25.1. The Morgan fingerprint density at radius 2 is 1.60 bits per heavy atom. The van der Waals surface area contributed by atoms with Crippen molar-refractivity contribution in [2.75, 3.05) is 13.1 Å². The van der Waals surface area contributed by atoms with Gasteiger partial charge in [0.1, 0.15) is 0 Å². The molecule has 1 amide bonds. The lowest BCUT2D eigenvalue weighted by Crippen LogP contribution is -2.57. The summed E-state index contributed by atoms with van der Waals surface area (Å²) in [6, 6.07) is 0.406. The van der Waals surface area contributed by atoms with Crippen LogP contribution in [0.15, 0.2) is 0 Å². The minimum atomic E-state index is 0.297. The number of rotatable bonds is 2. The first kappa shape index (κ1) is 10.9. The summed E-state index contributed by atoms with van der Waals surface area (Å²) in [5.41, 5.74) is 0. The average molecular weight is 210 g/mol. The monoisotopic (exact) mass is 210 g/mol. The number of amides is 1. The Bertz CT molecular complexity index is 206. The van der Waals surface area contributed by atoms with Gasteiger partial charge in [0.25, 0.3) is 0 Å². The molecule has 2 N–H and O–H groups in total. The van der Waals surface area contributed by atoms with E-state index < -0.39 is 0 Å². The quantitative estimate of drug-likeness (QED) is 0.724. The maximum Gasteiger partial charge on any atom is 0.223 e. The smallest absolute Gasteiger partial charge is 0.223 e. The van der Waals surface area contributed by atoms with Crippen LogP contribution >= 0.6 is 0 Å². The third-order valence-corrected chi connectivity index (χ3v) is 3.60. The molecule has 86 valence electrons. The van der Waals surface area contributed by atoms with Crippen molar-refractivity contribution >= 4 is 5.91 Å². The Morgan fingerprint density at radius 3 is 2.13 bits per heavy atom. The number of carbonyl (C=O) groups is 1. The highest BCUT2D eigenvalue weighted by Crippen LogP contribution is 2.22. The van der Waals surface area contributed by atoms with Crippen LogP contribution in [0, 0.1) is 5.92 Å². The molecule has 1 saturated carbocycles. The van der Waals surface area contributed by atoms with Gasteiger partial charge < -0.3 is 10.6 Å². The van der Waals surface area contributed by atoms with Crippen LogP contribution in [0.1, 0.15) is 44.9 Å². The lowest BCUT2D eigenvalue weighted by atomic mass is 9.90. The molecule has 2 rings (SSSR count). The van der Waals surface area contributed by atoms with Crippen LogP contribution in [0.25, 0.3) is 0 Å². The summed E-state index contributed by atoms with van der Waals surface area (Å²) in [4.78, 5) is 11.9. The zero-order valence-corrected chi connectivity index (χ0v) is 9.43. The van der Waals surface area contributed by atoms with Crippen molar-refractivity contribution in [1.29, 1.82) is 0 Å². The molecule has 3 nitrogen and oxygen atoms in total. The van der Waals surface area contributed by atoms with Crippen molar-refractivity contribution in [3.63, 3.8) is 0 Å². The van der Waals surface area contributed by atoms with Crippen molar-refractivity contribution in [2.45, 2.75) is 51.0 Å². The molecule has 0 bridgehead atoms. The fourth-order valence-electron chi connectivity index (χ4n) is 2.43. The summed E-state index contributed by atoms with van der Waals surface area (Å²) in [6.45, 7) is 1.91. The van der Waals surface area contributed by atoms with Gasteiger partial charge in [-0.2, -0.15) is 0 Å². The standard InChI is InChI=1S/C12H22N2O/c15-12(14-11-8-13-9-11)10-6-4-2-1-3-5-7-10/h10-11,13H,1-9H2,(H,14,15). The van der Waals surface area contributed by atoms with Gasteiger partial charge in [-0.15, -0.1) is 0 Å². The Balaban J connectivity index is 1.75. The zero-order chi connectivity index (χ0) is 10.5. The van der Waals surface area contributed by atoms with Gasteiger partial charge in [-0.1, -0.05) is 32.1 Å². The summed E-state index contributed by atoms with van der Waals surface area (Å²) in [5.74, 6) is 0.606. The fourth-order valence-corrected chi connectivity index (χ4v) is 2.43. The fraction of sp³-hybridized carbons (Fsp3) is 0.917. The largest absolute Gasteiger partial charge is 0.351 e. The molecule has 2 aliphatic rings. The second kappa shape index (κ2) is 5.50. The molecule has 1 heterocycles. The molecule has 0 radical (unpaired) electrons. The van der Waals surface area contributed by atoms with Gasteiger partial charge in [-0.05, 0) is 12.8 Å². The first-order chi connectivity index (χ1) is 7.36. The average Bonchev–Trinajstić information content (AvgIpc) is 2.10. The predicted molar refractivity (Wildman–Crippen MR) is 60.6 cm³/mol. The van der Waals surface area contributed by atoms with E-state index in [0.29, 0.717) is 17.9 Å². The minimum Gasteiger partial charge on any atom is -0.351 e. The van der Waals surface area contributed by atoms with Crippen LogP contribution in [-0.4, -0.2) is 25.0 Å². The maximum absolute atomic E-state index is 11.9. The van der Waals surface area contributed by atoms with Gasteiger partial charge in [0.15, 0.2) is 0 Å². The highest BCUT2D eigenvalue weighted by atomic mass is 16.2. The Hall–Kier alpha value is -0.570. The molecule has 1 aliphatic carbocycles. The molecule has 0 atom stereocenters. The molecule has 1 saturated heterocycles. The number of carbonyl (C=O) groups excluding carboxylic acids is 1. The number of hydrogen-bond acceptors (Lipinski definition) is 2. The molecular formula is C12H22N2O. The lowest BCUT2D eigenvalue weighted by molar-refractivity contribution is -0.126. The Morgan fingerprint density at radius 1 is 1.00 bits per heavy atom. The van der Waals surface area contributed by atoms with Gasteiger partial charge in [0.05, 0.1) is 6.04 Å². The van der Waals surface area contributed by atoms with Crippen molar-refractivity contribution in [1.82, 2.24) is 10.6 Å². The molecular weight excluding hydrogens is 188 g/mol. The van der Waals surface area contributed by atoms with E-state index in [2.05, 4.69) is 10.6 Å². The van der Waals surface area contributed by atoms with Crippen molar-refractivity contribution < 1.29 is 4.79 Å². The van der Waals surface area contributed by atoms with Gasteiger partial charge in [-0.25, -0.2) is 0 Å². The summed E-state index contributed by atoms with van der Waals surface area (Å²) >= 11 is 0. The molecule has 1 aliphatic heterocycles. The van der Waals surface area contributed by atoms with E-state index in [9.17, 15) is 4.79 Å². The van der Waals surface area contributed by atoms with Gasteiger partial charge in [0.2, 0.25) is 5.91 Å². The van der Waals surface area contributed by atoms with Crippen LogP contribution < -0.4 is 10.6 Å². The highest BCUT2D eigenvalue weighted by Gasteiger charge is 2.24. The van der Waals surface area contributed by atoms with Crippen LogP contribution in [-0.2, 0) is 4.79 Å². The first-order valence-electron chi connectivity index (χ1n) is 6.37. The molecule has 2 fully saturated rings. The van der Waals surface area contributed by atoms with Crippen molar-refractivity contribution in [2.24, 2.45) is 5.92 Å². The van der Waals surface area contributed by atoms with Crippen LogP contribution in [0.3, 0.4) is 0 Å². The third-order valence-electron chi connectivity index (χ3n) is 3.60. The molecule has 0 aromatic heterocycles. The van der Waals surface area contributed by atoms with E-state index in [-0.39, 0.29) is 0 Å². The summed E-state index contributed by atoms with van der Waals surface area (Å²) in [6.07, 6.45) is 8.67. The summed E-state index contributed by atoms with van der Waals surface area (Å²) in [5, 5.41) is 6.31. The Labute approximate surface area is 92.0 Å². The molecule has 15 heavy (non-hydrogen) atoms. The third kappa shape index (κ3) is 3.20. The van der Waals surface area contributed by atoms with E-state index in [1.54, 1.807) is 0 Å². The molecule has 0 aromatic carbocycles. The molecule has 0 aromatic rings. The predicted octanol–water partition coefficient (Wildman–Crippen LogP) is 1.43. The van der Waals surface area contributed by atoms with Crippen molar-refractivity contribution in [3.8, 4) is 0 Å². The molecule has 0 unspecified atom stereocenters. The Kier molecular flexibility index (Phi) is 4.01. The zero-order valence-electron chi connectivity index (χ0n) is 9.43. The number of hydrogen-bond donors (Lipinski definition) is 2. The first-order valence-corrected chi connectivity index (χ1v) is 6.37. The van der Waals surface area contributed by atoms with Gasteiger partial charge >= 0.3 is 0 Å². The second-order valence-corrected chi connectivity index (χ2v) is 4.91. The summed E-state index contributed by atoms with van der Waals surface area (Å²) in [7, 11) is 0. The SMILES string of the molecule is O=C(NC1CNC1)C1CCCCCCC1. The highest BCUT2D eigenvalue weighted by molar-refractivity contribution is 5.79. The van der Waals surface area contributed by atoms with E-state index in [1.165, 1.54) is 32.1 Å². The van der Waals surface area contributed by atoms with E-state index in [4.69, 9.17) is 0 Å². The minimum absolute atomic E-state index is 0.297. The lowest BCUT2D eigenvalue weighted by Gasteiger charge is -2.30. The van der Waals surface area contributed by atoms with Crippen LogP contribution in [0.4, 0.5) is 0 Å². The van der Waals surface area contributed by atoms with Crippen molar-refractivity contribution in [3.05, 3.63) is 0 Å². The van der Waals surface area contributed by atoms with E-state index >= 15 is 0 Å². The topological polar surface area (TPSA) is 41.1 Å². The van der Waals surface area contributed by atoms with E-state index in [1.807, 2.05) is 0 Å². The molecule has 3 heteroatoms. The van der Waals surface area contributed by atoms with Gasteiger partial charge in [-0.3, -0.25) is 4.79 Å². The maximum atomic E-state index is 11.9. The van der Waals surface area contributed by atoms with Crippen LogP contribution in [0.2, 0.25) is 0 Å². The summed E-state index contributed by atoms with van der Waals surface area (Å²) < 4.78 is 0. The molecule has 0 spiro atoms. The second-order valence-electron chi connectivity index (χ2n) is 4.91. The van der Waals surface area contributed by atoms with Crippen LogP contribution in [0.5, 0.6) is 0 Å².